The Bertz CT molecular complexity index is 590. The first-order valence-corrected chi connectivity index (χ1v) is 8.81. The van der Waals surface area contributed by atoms with Crippen LogP contribution in [0.4, 0.5) is 0 Å². The minimum absolute atomic E-state index is 0.313. The summed E-state index contributed by atoms with van der Waals surface area (Å²) in [5.74, 6) is 2.59. The Morgan fingerprint density at radius 3 is 2.79 bits per heavy atom. The van der Waals surface area contributed by atoms with E-state index in [0.717, 1.165) is 50.4 Å². The second-order valence-corrected chi connectivity index (χ2v) is 6.93. The van der Waals surface area contributed by atoms with Crippen molar-refractivity contribution in [3.05, 3.63) is 23.8 Å². The molecule has 1 aromatic carbocycles. The van der Waals surface area contributed by atoms with Crippen LogP contribution in [0.3, 0.4) is 0 Å². The van der Waals surface area contributed by atoms with Crippen molar-refractivity contribution in [2.45, 2.75) is 38.3 Å². The molecule has 2 saturated heterocycles. The van der Waals surface area contributed by atoms with Crippen molar-refractivity contribution in [3.63, 3.8) is 0 Å². The van der Waals surface area contributed by atoms with Crippen molar-refractivity contribution in [2.24, 2.45) is 5.92 Å². The maximum absolute atomic E-state index is 12.1. The first kappa shape index (κ1) is 17.1. The molecule has 0 unspecified atom stereocenters. The van der Waals surface area contributed by atoms with Crippen LogP contribution < -0.4 is 9.47 Å². The molecule has 2 fully saturated rings. The van der Waals surface area contributed by atoms with Gasteiger partial charge in [0.25, 0.3) is 0 Å². The molecule has 132 valence electrons. The van der Waals surface area contributed by atoms with Gasteiger partial charge in [0.1, 0.15) is 11.5 Å². The lowest BCUT2D eigenvalue weighted by molar-refractivity contribution is -0.132. The topological polar surface area (TPSA) is 42.0 Å². The zero-order chi connectivity index (χ0) is 17.1. The second kappa shape index (κ2) is 7.43. The number of carbonyl (C=O) groups excluding carboxylic acids is 1. The normalized spacial score (nSPS) is 25.1. The summed E-state index contributed by atoms with van der Waals surface area (Å²) in [6, 6.07) is 6.43. The van der Waals surface area contributed by atoms with Crippen LogP contribution in [-0.2, 0) is 11.3 Å². The highest BCUT2D eigenvalue weighted by Crippen LogP contribution is 2.32. The minimum Gasteiger partial charge on any atom is -0.497 e. The summed E-state index contributed by atoms with van der Waals surface area (Å²) < 4.78 is 10.8. The van der Waals surface area contributed by atoms with E-state index < -0.39 is 0 Å². The van der Waals surface area contributed by atoms with Gasteiger partial charge in [0, 0.05) is 50.8 Å². The number of rotatable bonds is 4. The number of ether oxygens (including phenoxy) is 2. The van der Waals surface area contributed by atoms with E-state index in [-0.39, 0.29) is 0 Å². The van der Waals surface area contributed by atoms with Crippen molar-refractivity contribution in [2.75, 3.05) is 34.4 Å². The van der Waals surface area contributed by atoms with Gasteiger partial charge in [-0.05, 0) is 31.2 Å². The molecule has 0 aromatic heterocycles. The first-order chi connectivity index (χ1) is 11.6. The average Bonchev–Trinajstić information content (AvgIpc) is 2.74. The quantitative estimate of drug-likeness (QED) is 0.850. The van der Waals surface area contributed by atoms with Gasteiger partial charge >= 0.3 is 0 Å². The summed E-state index contributed by atoms with van der Waals surface area (Å²) in [6.45, 7) is 2.96. The number of carbonyl (C=O) groups is 1. The van der Waals surface area contributed by atoms with E-state index in [4.69, 9.17) is 9.47 Å². The molecular weight excluding hydrogens is 304 g/mol. The van der Waals surface area contributed by atoms with Crippen molar-refractivity contribution in [3.8, 4) is 11.5 Å². The Hall–Kier alpha value is -1.75. The van der Waals surface area contributed by atoms with Crippen LogP contribution in [0.5, 0.6) is 11.5 Å². The Balaban J connectivity index is 1.69. The van der Waals surface area contributed by atoms with Crippen LogP contribution in [0.2, 0.25) is 0 Å². The molecule has 5 nitrogen and oxygen atoms in total. The van der Waals surface area contributed by atoms with Crippen LogP contribution in [-0.4, -0.2) is 56.1 Å². The van der Waals surface area contributed by atoms with Gasteiger partial charge in [-0.25, -0.2) is 0 Å². The van der Waals surface area contributed by atoms with Gasteiger partial charge in [-0.15, -0.1) is 0 Å². The lowest BCUT2D eigenvalue weighted by Gasteiger charge is -2.41. The molecule has 2 atom stereocenters. The molecule has 3 rings (SSSR count). The zero-order valence-corrected chi connectivity index (χ0v) is 15.0. The summed E-state index contributed by atoms with van der Waals surface area (Å²) in [5, 5.41) is 0. The Kier molecular flexibility index (Phi) is 5.29. The first-order valence-electron chi connectivity index (χ1n) is 8.81. The molecule has 2 aliphatic heterocycles. The van der Waals surface area contributed by atoms with Crippen LogP contribution >= 0.6 is 0 Å². The van der Waals surface area contributed by atoms with Gasteiger partial charge in [0.2, 0.25) is 5.91 Å². The van der Waals surface area contributed by atoms with Gasteiger partial charge in [0.05, 0.1) is 14.2 Å². The van der Waals surface area contributed by atoms with Crippen molar-refractivity contribution in [1.29, 1.82) is 0 Å². The molecule has 5 heteroatoms. The fourth-order valence-electron chi connectivity index (χ4n) is 4.13. The molecule has 0 spiro atoms. The summed E-state index contributed by atoms with van der Waals surface area (Å²) in [7, 11) is 5.35. The number of likely N-dealkylation sites (tertiary alicyclic amines) is 2. The summed E-state index contributed by atoms with van der Waals surface area (Å²) in [4.78, 5) is 16.6. The van der Waals surface area contributed by atoms with Gasteiger partial charge in [0.15, 0.2) is 0 Å². The minimum atomic E-state index is 0.313. The largest absolute Gasteiger partial charge is 0.497 e. The zero-order valence-electron chi connectivity index (χ0n) is 15.0. The maximum atomic E-state index is 12.1. The molecule has 0 saturated carbocycles. The lowest BCUT2D eigenvalue weighted by Crippen LogP contribution is -2.50. The number of methoxy groups -OCH3 is 2. The average molecular weight is 332 g/mol. The van der Waals surface area contributed by atoms with Crippen LogP contribution in [0.25, 0.3) is 0 Å². The van der Waals surface area contributed by atoms with E-state index in [9.17, 15) is 4.79 Å². The smallest absolute Gasteiger partial charge is 0.222 e. The Morgan fingerprint density at radius 1 is 1.21 bits per heavy atom. The maximum Gasteiger partial charge on any atom is 0.222 e. The molecule has 0 aliphatic carbocycles. The summed E-state index contributed by atoms with van der Waals surface area (Å²) in [6.07, 6.45) is 3.93. The van der Waals surface area contributed by atoms with Gasteiger partial charge in [-0.3, -0.25) is 9.69 Å². The SMILES string of the molecule is COc1ccc(CN2CC[C@@H]3[C@@H](CCCC(=O)N3C)C2)c(OC)c1. The molecular formula is C19H28N2O3. The van der Waals surface area contributed by atoms with E-state index in [2.05, 4.69) is 11.0 Å². The van der Waals surface area contributed by atoms with E-state index in [1.165, 1.54) is 5.56 Å². The predicted octanol–water partition coefficient (Wildman–Crippen LogP) is 2.54. The third-order valence-corrected chi connectivity index (χ3v) is 5.52. The van der Waals surface area contributed by atoms with E-state index in [1.807, 2.05) is 24.1 Å². The van der Waals surface area contributed by atoms with Crippen molar-refractivity contribution < 1.29 is 14.3 Å². The van der Waals surface area contributed by atoms with Crippen molar-refractivity contribution >= 4 is 5.91 Å². The highest BCUT2D eigenvalue weighted by atomic mass is 16.5. The third-order valence-electron chi connectivity index (χ3n) is 5.52. The number of piperidine rings is 1. The second-order valence-electron chi connectivity index (χ2n) is 6.93. The number of hydrogen-bond donors (Lipinski definition) is 0. The number of benzene rings is 1. The molecule has 1 aromatic rings. The van der Waals surface area contributed by atoms with Crippen molar-refractivity contribution in [1.82, 2.24) is 9.80 Å². The number of hydrogen-bond acceptors (Lipinski definition) is 4. The predicted molar refractivity (Wildman–Crippen MR) is 93.3 cm³/mol. The number of nitrogens with zero attached hydrogens (tertiary/aromatic N) is 2. The molecule has 24 heavy (non-hydrogen) atoms. The number of amides is 1. The summed E-state index contributed by atoms with van der Waals surface area (Å²) in [5.41, 5.74) is 1.19. The van der Waals surface area contributed by atoms with Crippen LogP contribution in [0, 0.1) is 5.92 Å². The monoisotopic (exact) mass is 332 g/mol. The Morgan fingerprint density at radius 2 is 2.04 bits per heavy atom. The summed E-state index contributed by atoms with van der Waals surface area (Å²) >= 11 is 0. The third kappa shape index (κ3) is 3.51. The fourth-order valence-corrected chi connectivity index (χ4v) is 4.13. The molecule has 2 aliphatic rings. The standard InChI is InChI=1S/C19H28N2O3/c1-20-17-9-10-21(12-14(17)5-4-6-19(20)22)13-15-7-8-16(23-2)11-18(15)24-3/h7-8,11,14,17H,4-6,9-10,12-13H2,1-3H3/t14-,17+/m0/s1. The van der Waals surface area contributed by atoms with E-state index >= 15 is 0 Å². The van der Waals surface area contributed by atoms with E-state index in [1.54, 1.807) is 14.2 Å². The van der Waals surface area contributed by atoms with E-state index in [0.29, 0.717) is 24.3 Å². The molecule has 0 N–H and O–H groups in total. The molecule has 1 amide bonds. The molecule has 0 radical (unpaired) electrons. The Labute approximate surface area is 144 Å². The molecule has 0 bridgehead atoms. The fraction of sp³-hybridized carbons (Fsp3) is 0.632. The number of fused-ring (bicyclic) bond motifs is 1. The van der Waals surface area contributed by atoms with Gasteiger partial charge < -0.3 is 14.4 Å². The highest BCUT2D eigenvalue weighted by Gasteiger charge is 2.35. The lowest BCUT2D eigenvalue weighted by atomic mass is 9.88. The van der Waals surface area contributed by atoms with Crippen LogP contribution in [0.1, 0.15) is 31.2 Å². The highest BCUT2D eigenvalue weighted by molar-refractivity contribution is 5.76. The molecule has 2 heterocycles. The van der Waals surface area contributed by atoms with Gasteiger partial charge in [-0.2, -0.15) is 0 Å². The van der Waals surface area contributed by atoms with Crippen LogP contribution in [0.15, 0.2) is 18.2 Å². The van der Waals surface area contributed by atoms with Gasteiger partial charge in [-0.1, -0.05) is 6.07 Å².